The summed E-state index contributed by atoms with van der Waals surface area (Å²) in [5.74, 6) is -0.230. The zero-order chi connectivity index (χ0) is 18.1. The van der Waals surface area contributed by atoms with Gasteiger partial charge in [0.2, 0.25) is 0 Å². The highest BCUT2D eigenvalue weighted by Gasteiger charge is 2.30. The van der Waals surface area contributed by atoms with Gasteiger partial charge in [0.25, 0.3) is 0 Å². The highest BCUT2D eigenvalue weighted by Crippen LogP contribution is 2.39. The zero-order valence-electron chi connectivity index (χ0n) is 14.9. The molecule has 25 heavy (non-hydrogen) atoms. The van der Waals surface area contributed by atoms with Gasteiger partial charge < -0.3 is 14.0 Å². The van der Waals surface area contributed by atoms with E-state index < -0.39 is 5.97 Å². The van der Waals surface area contributed by atoms with Crippen molar-refractivity contribution >= 4 is 17.3 Å². The molecule has 134 valence electrons. The number of carbonyl (C=O) groups excluding carboxylic acids is 1. The van der Waals surface area contributed by atoms with Gasteiger partial charge in [0.05, 0.1) is 18.9 Å². The lowest BCUT2D eigenvalue weighted by molar-refractivity contribution is 0.0523. The highest BCUT2D eigenvalue weighted by molar-refractivity contribution is 7.12. The maximum absolute atomic E-state index is 12.5. The molecule has 1 aliphatic rings. The van der Waals surface area contributed by atoms with Crippen LogP contribution in [0.1, 0.15) is 47.1 Å². The summed E-state index contributed by atoms with van der Waals surface area (Å²) in [6.45, 7) is 6.69. The number of aromatic nitrogens is 2. The largest absolute Gasteiger partial charge is 0.462 e. The number of methoxy groups -OCH3 is 1. The maximum atomic E-state index is 12.5. The van der Waals surface area contributed by atoms with Gasteiger partial charge in [-0.25, -0.2) is 9.78 Å². The molecular weight excluding hydrogens is 340 g/mol. The normalized spacial score (nSPS) is 15.8. The van der Waals surface area contributed by atoms with Crippen LogP contribution in [-0.2, 0) is 22.5 Å². The number of hydrogen-bond acceptors (Lipinski definition) is 6. The summed E-state index contributed by atoms with van der Waals surface area (Å²) in [5, 5.41) is 0.894. The first-order chi connectivity index (χ1) is 12.0. The van der Waals surface area contributed by atoms with E-state index in [1.165, 1.54) is 6.07 Å². The minimum atomic E-state index is -0.575. The molecule has 0 aromatic carbocycles. The molecule has 2 aromatic rings. The summed E-state index contributed by atoms with van der Waals surface area (Å²) in [4.78, 5) is 30.4. The Bertz CT molecular complexity index is 853. The van der Waals surface area contributed by atoms with E-state index in [4.69, 9.17) is 9.47 Å². The van der Waals surface area contributed by atoms with Crippen LogP contribution < -0.4 is 5.43 Å². The summed E-state index contributed by atoms with van der Waals surface area (Å²) >= 11 is 1.63. The second-order valence-corrected chi connectivity index (χ2v) is 7.56. The van der Waals surface area contributed by atoms with E-state index in [0.29, 0.717) is 12.5 Å². The summed E-state index contributed by atoms with van der Waals surface area (Å²) < 4.78 is 12.2. The molecule has 2 aromatic heterocycles. The Morgan fingerprint density at radius 3 is 2.88 bits per heavy atom. The van der Waals surface area contributed by atoms with Crippen LogP contribution in [0.25, 0.3) is 11.4 Å². The van der Waals surface area contributed by atoms with E-state index in [1.807, 2.05) is 4.57 Å². The number of ether oxygens (including phenoxy) is 2. The van der Waals surface area contributed by atoms with Crippen molar-refractivity contribution in [3.05, 3.63) is 37.9 Å². The smallest absolute Gasteiger partial charge is 0.343 e. The number of fused-ring (bicyclic) bond motifs is 3. The van der Waals surface area contributed by atoms with E-state index >= 15 is 0 Å². The third-order valence-corrected chi connectivity index (χ3v) is 5.40. The Balaban J connectivity index is 2.16. The number of thiazole rings is 1. The first-order valence-electron chi connectivity index (χ1n) is 8.37. The number of nitrogens with zero attached hydrogens (tertiary/aromatic N) is 2. The number of carbonyl (C=O) groups is 1. The summed E-state index contributed by atoms with van der Waals surface area (Å²) in [5.41, 5.74) is 1.33. The average molecular weight is 362 g/mol. The number of pyridine rings is 1. The number of rotatable bonds is 5. The van der Waals surface area contributed by atoms with Crippen molar-refractivity contribution in [3.63, 3.8) is 0 Å². The summed E-state index contributed by atoms with van der Waals surface area (Å²) in [6, 6.07) is 1.67. The SMILES string of the molecule is CCOC(=O)c1cn2c(cc1=O)-c1nc(COC)sc1CC2C(C)C. The Morgan fingerprint density at radius 2 is 2.24 bits per heavy atom. The molecule has 0 amide bonds. The van der Waals surface area contributed by atoms with Gasteiger partial charge in [-0.05, 0) is 12.8 Å². The lowest BCUT2D eigenvalue weighted by Gasteiger charge is -2.31. The molecule has 3 heterocycles. The average Bonchev–Trinajstić information content (AvgIpc) is 2.96. The van der Waals surface area contributed by atoms with E-state index in [2.05, 4.69) is 18.8 Å². The third-order valence-electron chi connectivity index (χ3n) is 4.35. The molecule has 0 spiro atoms. The number of hydrogen-bond donors (Lipinski definition) is 0. The Hall–Kier alpha value is -1.99. The van der Waals surface area contributed by atoms with Gasteiger partial charge in [0.15, 0.2) is 5.43 Å². The van der Waals surface area contributed by atoms with Gasteiger partial charge in [-0.2, -0.15) is 0 Å². The van der Waals surface area contributed by atoms with Crippen LogP contribution in [0.15, 0.2) is 17.1 Å². The van der Waals surface area contributed by atoms with Crippen molar-refractivity contribution in [3.8, 4) is 11.4 Å². The van der Waals surface area contributed by atoms with Crippen molar-refractivity contribution in [1.82, 2.24) is 9.55 Å². The molecule has 3 rings (SSSR count). The topological polar surface area (TPSA) is 70.4 Å². The molecule has 7 heteroatoms. The maximum Gasteiger partial charge on any atom is 0.343 e. The minimum absolute atomic E-state index is 0.0760. The highest BCUT2D eigenvalue weighted by atomic mass is 32.1. The van der Waals surface area contributed by atoms with Crippen LogP contribution >= 0.6 is 11.3 Å². The molecule has 0 fully saturated rings. The first-order valence-corrected chi connectivity index (χ1v) is 9.19. The van der Waals surface area contributed by atoms with E-state index in [0.717, 1.165) is 27.7 Å². The molecule has 6 nitrogen and oxygen atoms in total. The molecule has 1 aliphatic heterocycles. The van der Waals surface area contributed by atoms with Crippen molar-refractivity contribution < 1.29 is 14.3 Å². The zero-order valence-corrected chi connectivity index (χ0v) is 15.7. The second kappa shape index (κ2) is 7.09. The molecule has 0 saturated carbocycles. The molecule has 0 bridgehead atoms. The van der Waals surface area contributed by atoms with Gasteiger partial charge in [-0.3, -0.25) is 4.79 Å². The van der Waals surface area contributed by atoms with E-state index in [9.17, 15) is 9.59 Å². The Kier molecular flexibility index (Phi) is 5.06. The Morgan fingerprint density at radius 1 is 1.48 bits per heavy atom. The molecule has 0 saturated heterocycles. The predicted molar refractivity (Wildman–Crippen MR) is 96.1 cm³/mol. The third kappa shape index (κ3) is 3.26. The van der Waals surface area contributed by atoms with E-state index in [-0.39, 0.29) is 23.6 Å². The van der Waals surface area contributed by atoms with Crippen LogP contribution in [-0.4, -0.2) is 29.2 Å². The first kappa shape index (κ1) is 17.8. The summed E-state index contributed by atoms with van der Waals surface area (Å²) in [7, 11) is 1.64. The van der Waals surface area contributed by atoms with Crippen LogP contribution in [0.4, 0.5) is 0 Å². The standard InChI is InChI=1S/C18H22N2O4S/c1-5-24-18(22)11-8-20-12(10(2)3)7-15-17(13(20)6-14(11)21)19-16(25-15)9-23-4/h6,8,10,12H,5,7,9H2,1-4H3. The van der Waals surface area contributed by atoms with Crippen LogP contribution in [0.5, 0.6) is 0 Å². The van der Waals surface area contributed by atoms with Gasteiger partial charge in [0.1, 0.15) is 16.3 Å². The van der Waals surface area contributed by atoms with Gasteiger partial charge in [-0.1, -0.05) is 13.8 Å². The van der Waals surface area contributed by atoms with Crippen molar-refractivity contribution in [2.45, 2.75) is 39.8 Å². The molecule has 1 atom stereocenters. The molecule has 0 aliphatic carbocycles. The Labute approximate surface area is 150 Å². The molecule has 0 N–H and O–H groups in total. The summed E-state index contributed by atoms with van der Waals surface area (Å²) in [6.07, 6.45) is 2.46. The van der Waals surface area contributed by atoms with Gasteiger partial charge >= 0.3 is 5.97 Å². The monoisotopic (exact) mass is 362 g/mol. The predicted octanol–water partition coefficient (Wildman–Crippen LogP) is 3.05. The molecular formula is C18H22N2O4S. The fourth-order valence-corrected chi connectivity index (χ4v) is 4.24. The van der Waals surface area contributed by atoms with Crippen LogP contribution in [0.3, 0.4) is 0 Å². The fourth-order valence-electron chi connectivity index (χ4n) is 3.15. The second-order valence-electron chi connectivity index (χ2n) is 6.39. The van der Waals surface area contributed by atoms with E-state index in [1.54, 1.807) is 31.6 Å². The van der Waals surface area contributed by atoms with Crippen molar-refractivity contribution in [2.75, 3.05) is 13.7 Å². The molecule has 1 unspecified atom stereocenters. The quantitative estimate of drug-likeness (QED) is 0.765. The van der Waals surface area contributed by atoms with Crippen LogP contribution in [0, 0.1) is 5.92 Å². The van der Waals surface area contributed by atoms with Crippen LogP contribution in [0.2, 0.25) is 0 Å². The fraction of sp³-hybridized carbons (Fsp3) is 0.500. The van der Waals surface area contributed by atoms with Crippen molar-refractivity contribution in [1.29, 1.82) is 0 Å². The number of esters is 1. The van der Waals surface area contributed by atoms with Gasteiger partial charge in [-0.15, -0.1) is 11.3 Å². The minimum Gasteiger partial charge on any atom is -0.462 e. The van der Waals surface area contributed by atoms with Gasteiger partial charge in [0, 0.05) is 36.7 Å². The lowest BCUT2D eigenvalue weighted by Crippen LogP contribution is -2.28. The van der Waals surface area contributed by atoms with Crippen molar-refractivity contribution in [2.24, 2.45) is 5.92 Å². The molecule has 0 radical (unpaired) electrons. The lowest BCUT2D eigenvalue weighted by atomic mass is 9.94.